The van der Waals surface area contributed by atoms with Crippen LogP contribution < -0.4 is 10.1 Å². The maximum absolute atomic E-state index is 11.1. The highest BCUT2D eigenvalue weighted by Gasteiger charge is 2.32. The quantitative estimate of drug-likeness (QED) is 0.723. The van der Waals surface area contributed by atoms with E-state index in [1.807, 2.05) is 18.2 Å². The van der Waals surface area contributed by atoms with Crippen molar-refractivity contribution in [2.24, 2.45) is 11.8 Å². The average Bonchev–Trinajstić information content (AvgIpc) is 2.91. The molecule has 1 aliphatic carbocycles. The number of rotatable bonds is 8. The number of aryl methyl sites for hydroxylation is 1. The molecule has 2 unspecified atom stereocenters. The Morgan fingerprint density at radius 1 is 1.43 bits per heavy atom. The van der Waals surface area contributed by atoms with Crippen molar-refractivity contribution >= 4 is 5.97 Å². The molecule has 0 aromatic heterocycles. The predicted molar refractivity (Wildman–Crippen MR) is 82.6 cm³/mol. The number of aliphatic carboxylic acids is 1. The molecule has 0 saturated heterocycles. The van der Waals surface area contributed by atoms with Crippen LogP contribution >= 0.6 is 0 Å². The summed E-state index contributed by atoms with van der Waals surface area (Å²) in [6.07, 6.45) is 3.83. The summed E-state index contributed by atoms with van der Waals surface area (Å²) in [4.78, 5) is 11.1. The fraction of sp³-hybridized carbons (Fsp3) is 0.588. The minimum Gasteiger partial charge on any atom is -0.494 e. The Kier molecular flexibility index (Phi) is 6.05. The molecular formula is C17H25NO3. The van der Waals surface area contributed by atoms with Crippen molar-refractivity contribution in [2.45, 2.75) is 32.6 Å². The molecule has 4 heteroatoms. The van der Waals surface area contributed by atoms with Crippen molar-refractivity contribution < 1.29 is 14.6 Å². The van der Waals surface area contributed by atoms with E-state index in [2.05, 4.69) is 18.3 Å². The van der Waals surface area contributed by atoms with Gasteiger partial charge in [0.1, 0.15) is 5.75 Å². The molecule has 2 atom stereocenters. The lowest BCUT2D eigenvalue weighted by Crippen LogP contribution is -2.30. The number of benzene rings is 1. The second-order valence-electron chi connectivity index (χ2n) is 5.86. The Bertz CT molecular complexity index is 461. The molecule has 1 aliphatic rings. The topological polar surface area (TPSA) is 58.6 Å². The van der Waals surface area contributed by atoms with E-state index in [0.717, 1.165) is 44.5 Å². The molecule has 116 valence electrons. The number of carboxylic acids is 1. The van der Waals surface area contributed by atoms with Crippen molar-refractivity contribution in [3.8, 4) is 5.75 Å². The molecule has 0 bridgehead atoms. The smallest absolute Gasteiger partial charge is 0.306 e. The number of nitrogens with one attached hydrogen (secondary N) is 1. The van der Waals surface area contributed by atoms with Crippen LogP contribution in [0.4, 0.5) is 0 Å². The van der Waals surface area contributed by atoms with E-state index < -0.39 is 5.97 Å². The van der Waals surface area contributed by atoms with Gasteiger partial charge in [0.05, 0.1) is 12.5 Å². The molecule has 2 rings (SSSR count). The van der Waals surface area contributed by atoms with Crippen molar-refractivity contribution in [2.75, 3.05) is 19.7 Å². The molecular weight excluding hydrogens is 266 g/mol. The van der Waals surface area contributed by atoms with Crippen LogP contribution in [-0.4, -0.2) is 30.8 Å². The van der Waals surface area contributed by atoms with Gasteiger partial charge in [-0.25, -0.2) is 0 Å². The molecule has 21 heavy (non-hydrogen) atoms. The van der Waals surface area contributed by atoms with Crippen LogP contribution in [0.1, 0.15) is 31.2 Å². The van der Waals surface area contributed by atoms with Crippen molar-refractivity contribution in [3.05, 3.63) is 29.8 Å². The zero-order valence-corrected chi connectivity index (χ0v) is 12.7. The van der Waals surface area contributed by atoms with Crippen molar-refractivity contribution in [3.63, 3.8) is 0 Å². The van der Waals surface area contributed by atoms with Crippen LogP contribution in [0.25, 0.3) is 0 Å². The third-order valence-corrected chi connectivity index (χ3v) is 4.14. The van der Waals surface area contributed by atoms with Crippen LogP contribution in [0.15, 0.2) is 24.3 Å². The highest BCUT2D eigenvalue weighted by atomic mass is 16.5. The highest BCUT2D eigenvalue weighted by Crippen LogP contribution is 2.31. The van der Waals surface area contributed by atoms with Gasteiger partial charge in [0, 0.05) is 0 Å². The molecule has 0 amide bonds. The SMILES string of the molecule is Cc1cccc(OCCCNCC2CCCC2C(=O)O)c1. The number of carboxylic acid groups (broad SMARTS) is 1. The van der Waals surface area contributed by atoms with Crippen LogP contribution in [-0.2, 0) is 4.79 Å². The molecule has 0 heterocycles. The number of ether oxygens (including phenoxy) is 1. The van der Waals surface area contributed by atoms with Gasteiger partial charge in [-0.2, -0.15) is 0 Å². The Balaban J connectivity index is 1.57. The molecule has 0 aliphatic heterocycles. The first-order valence-electron chi connectivity index (χ1n) is 7.80. The van der Waals surface area contributed by atoms with E-state index >= 15 is 0 Å². The molecule has 4 nitrogen and oxygen atoms in total. The second kappa shape index (κ2) is 8.03. The third kappa shape index (κ3) is 5.05. The Morgan fingerprint density at radius 3 is 3.05 bits per heavy atom. The zero-order chi connectivity index (χ0) is 15.1. The maximum atomic E-state index is 11.1. The van der Waals surface area contributed by atoms with Crippen LogP contribution in [0.3, 0.4) is 0 Å². The predicted octanol–water partition coefficient (Wildman–Crippen LogP) is 2.85. The highest BCUT2D eigenvalue weighted by molar-refractivity contribution is 5.70. The van der Waals surface area contributed by atoms with Crippen LogP contribution in [0.2, 0.25) is 0 Å². The summed E-state index contributed by atoms with van der Waals surface area (Å²) in [6.45, 7) is 4.41. The van der Waals surface area contributed by atoms with Crippen LogP contribution in [0.5, 0.6) is 5.75 Å². The third-order valence-electron chi connectivity index (χ3n) is 4.14. The van der Waals surface area contributed by atoms with Gasteiger partial charge in [0.25, 0.3) is 0 Å². The van der Waals surface area contributed by atoms with E-state index in [0.29, 0.717) is 12.5 Å². The zero-order valence-electron chi connectivity index (χ0n) is 12.7. The van der Waals surface area contributed by atoms with Crippen molar-refractivity contribution in [1.29, 1.82) is 0 Å². The molecule has 1 aromatic rings. The van der Waals surface area contributed by atoms with Crippen LogP contribution in [0, 0.1) is 18.8 Å². The Hall–Kier alpha value is -1.55. The minimum atomic E-state index is -0.637. The largest absolute Gasteiger partial charge is 0.494 e. The standard InChI is InChI=1S/C17H25NO3/c1-13-5-2-7-15(11-13)21-10-4-9-18-12-14-6-3-8-16(14)17(19)20/h2,5,7,11,14,16,18H,3-4,6,8-10,12H2,1H3,(H,19,20). The van der Waals surface area contributed by atoms with Crippen molar-refractivity contribution in [1.82, 2.24) is 5.32 Å². The summed E-state index contributed by atoms with van der Waals surface area (Å²) in [6, 6.07) is 8.05. The molecule has 0 radical (unpaired) electrons. The maximum Gasteiger partial charge on any atom is 0.306 e. The monoisotopic (exact) mass is 291 g/mol. The lowest BCUT2D eigenvalue weighted by molar-refractivity contribution is -0.142. The minimum absolute atomic E-state index is 0.152. The van der Waals surface area contributed by atoms with E-state index in [-0.39, 0.29) is 5.92 Å². The van der Waals surface area contributed by atoms with Gasteiger partial charge < -0.3 is 15.2 Å². The molecule has 1 saturated carbocycles. The average molecular weight is 291 g/mol. The summed E-state index contributed by atoms with van der Waals surface area (Å²) in [5.74, 6) is 0.417. The summed E-state index contributed by atoms with van der Waals surface area (Å²) in [5.41, 5.74) is 1.20. The van der Waals surface area contributed by atoms with E-state index in [1.165, 1.54) is 5.56 Å². The van der Waals surface area contributed by atoms with E-state index in [9.17, 15) is 4.79 Å². The van der Waals surface area contributed by atoms with E-state index in [4.69, 9.17) is 9.84 Å². The molecule has 1 aromatic carbocycles. The van der Waals surface area contributed by atoms with Gasteiger partial charge in [-0.3, -0.25) is 4.79 Å². The van der Waals surface area contributed by atoms with Gasteiger partial charge in [-0.1, -0.05) is 18.6 Å². The lowest BCUT2D eigenvalue weighted by Gasteiger charge is -2.16. The van der Waals surface area contributed by atoms with Gasteiger partial charge >= 0.3 is 5.97 Å². The number of hydrogen-bond acceptors (Lipinski definition) is 3. The molecule has 0 spiro atoms. The lowest BCUT2D eigenvalue weighted by atomic mass is 9.96. The first-order chi connectivity index (χ1) is 10.2. The Morgan fingerprint density at radius 2 is 2.29 bits per heavy atom. The van der Waals surface area contributed by atoms with Gasteiger partial charge in [-0.05, 0) is 62.9 Å². The first-order valence-corrected chi connectivity index (χ1v) is 7.80. The number of carbonyl (C=O) groups is 1. The van der Waals surface area contributed by atoms with Gasteiger partial charge in [-0.15, -0.1) is 0 Å². The summed E-state index contributed by atoms with van der Waals surface area (Å²) in [7, 11) is 0. The fourth-order valence-electron chi connectivity index (χ4n) is 2.99. The Labute approximate surface area is 126 Å². The summed E-state index contributed by atoms with van der Waals surface area (Å²) < 4.78 is 5.68. The first kappa shape index (κ1) is 15.8. The van der Waals surface area contributed by atoms with Gasteiger partial charge in [0.2, 0.25) is 0 Å². The summed E-state index contributed by atoms with van der Waals surface area (Å²) in [5, 5.41) is 12.5. The second-order valence-corrected chi connectivity index (χ2v) is 5.86. The summed E-state index contributed by atoms with van der Waals surface area (Å²) >= 11 is 0. The normalized spacial score (nSPS) is 21.4. The van der Waals surface area contributed by atoms with E-state index in [1.54, 1.807) is 0 Å². The molecule has 2 N–H and O–H groups in total. The number of hydrogen-bond donors (Lipinski definition) is 2. The van der Waals surface area contributed by atoms with Gasteiger partial charge in [0.15, 0.2) is 0 Å². The fourth-order valence-corrected chi connectivity index (χ4v) is 2.99. The molecule has 1 fully saturated rings.